The van der Waals surface area contributed by atoms with Gasteiger partial charge in [0.25, 0.3) is 0 Å². The maximum Gasteiger partial charge on any atom is 0.315 e. The summed E-state index contributed by atoms with van der Waals surface area (Å²) in [5.41, 5.74) is 0.895. The topological polar surface area (TPSA) is 92.4 Å². The average Bonchev–Trinajstić information content (AvgIpc) is 2.45. The number of carbonyl (C=O) groups excluding carboxylic acids is 2. The predicted molar refractivity (Wildman–Crippen MR) is 83.5 cm³/mol. The van der Waals surface area contributed by atoms with E-state index in [2.05, 4.69) is 20.9 Å². The molecule has 22 heavy (non-hydrogen) atoms. The molecular weight excluding hydrogens is 284 g/mol. The lowest BCUT2D eigenvalue weighted by Crippen LogP contribution is -2.38. The van der Waals surface area contributed by atoms with Crippen LogP contribution in [-0.4, -0.2) is 36.1 Å². The van der Waals surface area contributed by atoms with E-state index in [-0.39, 0.29) is 24.4 Å². The van der Waals surface area contributed by atoms with Crippen molar-refractivity contribution in [3.63, 3.8) is 0 Å². The summed E-state index contributed by atoms with van der Waals surface area (Å²) in [5.74, 6) is 0.457. The fraction of sp³-hybridized carbons (Fsp3) is 0.533. The Morgan fingerprint density at radius 3 is 2.77 bits per heavy atom. The first kappa shape index (κ1) is 17.7. The molecule has 1 aromatic heterocycles. The Labute approximate surface area is 130 Å². The van der Waals surface area contributed by atoms with Crippen molar-refractivity contribution < 1.29 is 14.3 Å². The van der Waals surface area contributed by atoms with Crippen LogP contribution >= 0.6 is 0 Å². The summed E-state index contributed by atoms with van der Waals surface area (Å²) in [4.78, 5) is 27.1. The number of hydrogen-bond donors (Lipinski definition) is 3. The summed E-state index contributed by atoms with van der Waals surface area (Å²) in [6.45, 7) is 6.88. The van der Waals surface area contributed by atoms with Crippen LogP contribution in [0.1, 0.15) is 32.8 Å². The highest BCUT2D eigenvalue weighted by Gasteiger charge is 2.05. The Morgan fingerprint density at radius 2 is 2.09 bits per heavy atom. The van der Waals surface area contributed by atoms with E-state index in [4.69, 9.17) is 4.74 Å². The molecule has 0 aliphatic rings. The highest BCUT2D eigenvalue weighted by Crippen LogP contribution is 2.08. The lowest BCUT2D eigenvalue weighted by atomic mass is 10.2. The second kappa shape index (κ2) is 9.59. The van der Waals surface area contributed by atoms with Gasteiger partial charge in [0, 0.05) is 37.8 Å². The van der Waals surface area contributed by atoms with Crippen LogP contribution in [0.2, 0.25) is 0 Å². The number of amides is 3. The van der Waals surface area contributed by atoms with Crippen molar-refractivity contribution in [2.75, 3.05) is 13.2 Å². The molecule has 0 saturated carbocycles. The Morgan fingerprint density at radius 1 is 1.32 bits per heavy atom. The molecule has 0 radical (unpaired) electrons. The van der Waals surface area contributed by atoms with Crippen molar-refractivity contribution in [2.24, 2.45) is 0 Å². The van der Waals surface area contributed by atoms with E-state index >= 15 is 0 Å². The zero-order valence-corrected chi connectivity index (χ0v) is 13.3. The molecule has 0 saturated heterocycles. The van der Waals surface area contributed by atoms with Crippen molar-refractivity contribution >= 4 is 11.9 Å². The second-order valence-corrected chi connectivity index (χ2v) is 5.02. The fourth-order valence-electron chi connectivity index (χ4n) is 1.72. The van der Waals surface area contributed by atoms with Gasteiger partial charge in [0.1, 0.15) is 0 Å². The van der Waals surface area contributed by atoms with E-state index in [0.717, 1.165) is 5.56 Å². The first-order chi connectivity index (χ1) is 10.5. The minimum Gasteiger partial charge on any atom is -0.478 e. The van der Waals surface area contributed by atoms with Crippen LogP contribution in [0, 0.1) is 0 Å². The predicted octanol–water partition coefficient (Wildman–Crippen LogP) is 1.19. The normalized spacial score (nSPS) is 10.2. The molecule has 7 heteroatoms. The molecule has 0 aliphatic carbocycles. The summed E-state index contributed by atoms with van der Waals surface area (Å²) in [7, 11) is 0. The standard InChI is InChI=1S/C15H24N4O3/c1-4-22-14-9-12(5-7-16-14)10-18-15(21)17-8-6-13(20)19-11(2)3/h5,7,9,11H,4,6,8,10H2,1-3H3,(H,19,20)(H2,17,18,21). The Balaban J connectivity index is 2.25. The monoisotopic (exact) mass is 308 g/mol. The van der Waals surface area contributed by atoms with Gasteiger partial charge in [0.05, 0.1) is 6.61 Å². The highest BCUT2D eigenvalue weighted by atomic mass is 16.5. The molecular formula is C15H24N4O3. The SMILES string of the molecule is CCOc1cc(CNC(=O)NCCC(=O)NC(C)C)ccn1. The van der Waals surface area contributed by atoms with Crippen molar-refractivity contribution in [3.05, 3.63) is 23.9 Å². The molecule has 0 spiro atoms. The Kier molecular flexibility index (Phi) is 7.74. The van der Waals surface area contributed by atoms with Gasteiger partial charge in [-0.1, -0.05) is 0 Å². The van der Waals surface area contributed by atoms with Gasteiger partial charge in [0.2, 0.25) is 11.8 Å². The van der Waals surface area contributed by atoms with Crippen LogP contribution in [0.25, 0.3) is 0 Å². The van der Waals surface area contributed by atoms with Crippen molar-refractivity contribution in [2.45, 2.75) is 39.8 Å². The molecule has 1 heterocycles. The summed E-state index contributed by atoms with van der Waals surface area (Å²) >= 11 is 0. The molecule has 0 bridgehead atoms. The van der Waals surface area contributed by atoms with Gasteiger partial charge in [-0.15, -0.1) is 0 Å². The molecule has 0 atom stereocenters. The quantitative estimate of drug-likeness (QED) is 0.673. The number of aromatic nitrogens is 1. The van der Waals surface area contributed by atoms with Crippen LogP contribution in [0.4, 0.5) is 4.79 Å². The summed E-state index contributed by atoms with van der Waals surface area (Å²) in [6, 6.07) is 3.37. The molecule has 0 aliphatic heterocycles. The third-order valence-corrected chi connectivity index (χ3v) is 2.63. The fourth-order valence-corrected chi connectivity index (χ4v) is 1.72. The lowest BCUT2D eigenvalue weighted by Gasteiger charge is -2.10. The molecule has 3 N–H and O–H groups in total. The van der Waals surface area contributed by atoms with Gasteiger partial charge < -0.3 is 20.7 Å². The van der Waals surface area contributed by atoms with Crippen molar-refractivity contribution in [3.8, 4) is 5.88 Å². The zero-order valence-electron chi connectivity index (χ0n) is 13.3. The van der Waals surface area contributed by atoms with Gasteiger partial charge >= 0.3 is 6.03 Å². The van der Waals surface area contributed by atoms with E-state index in [0.29, 0.717) is 25.6 Å². The number of nitrogens with one attached hydrogen (secondary N) is 3. The minimum atomic E-state index is -0.313. The number of urea groups is 1. The zero-order chi connectivity index (χ0) is 16.4. The number of nitrogens with zero attached hydrogens (tertiary/aromatic N) is 1. The molecule has 1 aromatic rings. The van der Waals surface area contributed by atoms with Gasteiger partial charge in [0.15, 0.2) is 0 Å². The van der Waals surface area contributed by atoms with E-state index in [9.17, 15) is 9.59 Å². The number of hydrogen-bond acceptors (Lipinski definition) is 4. The molecule has 0 unspecified atom stereocenters. The van der Waals surface area contributed by atoms with Crippen LogP contribution in [-0.2, 0) is 11.3 Å². The molecule has 0 fully saturated rings. The first-order valence-corrected chi connectivity index (χ1v) is 7.40. The number of ether oxygens (including phenoxy) is 1. The van der Waals surface area contributed by atoms with E-state index < -0.39 is 0 Å². The van der Waals surface area contributed by atoms with Crippen LogP contribution < -0.4 is 20.7 Å². The second-order valence-electron chi connectivity index (χ2n) is 5.02. The van der Waals surface area contributed by atoms with Crippen LogP contribution in [0.5, 0.6) is 5.88 Å². The maximum absolute atomic E-state index is 11.6. The molecule has 1 rings (SSSR count). The number of rotatable bonds is 8. The Hall–Kier alpha value is -2.31. The molecule has 7 nitrogen and oxygen atoms in total. The lowest BCUT2D eigenvalue weighted by molar-refractivity contribution is -0.121. The highest BCUT2D eigenvalue weighted by molar-refractivity contribution is 5.78. The van der Waals surface area contributed by atoms with Gasteiger partial charge in [-0.2, -0.15) is 0 Å². The first-order valence-electron chi connectivity index (χ1n) is 7.40. The van der Waals surface area contributed by atoms with Gasteiger partial charge in [-0.3, -0.25) is 4.79 Å². The summed E-state index contributed by atoms with van der Waals surface area (Å²) in [6.07, 6.45) is 1.89. The van der Waals surface area contributed by atoms with E-state index in [1.807, 2.05) is 20.8 Å². The maximum atomic E-state index is 11.6. The third-order valence-electron chi connectivity index (χ3n) is 2.63. The molecule has 3 amide bonds. The average molecular weight is 308 g/mol. The Bertz CT molecular complexity index is 491. The van der Waals surface area contributed by atoms with Crippen LogP contribution in [0.15, 0.2) is 18.3 Å². The van der Waals surface area contributed by atoms with Gasteiger partial charge in [-0.25, -0.2) is 9.78 Å². The summed E-state index contributed by atoms with van der Waals surface area (Å²) in [5, 5.41) is 8.12. The van der Waals surface area contributed by atoms with Crippen molar-refractivity contribution in [1.29, 1.82) is 0 Å². The molecule has 0 aromatic carbocycles. The third kappa shape index (κ3) is 7.47. The number of pyridine rings is 1. The summed E-state index contributed by atoms with van der Waals surface area (Å²) < 4.78 is 5.29. The van der Waals surface area contributed by atoms with Crippen LogP contribution in [0.3, 0.4) is 0 Å². The molecule has 122 valence electrons. The van der Waals surface area contributed by atoms with Crippen molar-refractivity contribution in [1.82, 2.24) is 20.9 Å². The van der Waals surface area contributed by atoms with E-state index in [1.165, 1.54) is 0 Å². The largest absolute Gasteiger partial charge is 0.478 e. The van der Waals surface area contributed by atoms with E-state index in [1.54, 1.807) is 18.3 Å². The smallest absolute Gasteiger partial charge is 0.315 e. The minimum absolute atomic E-state index is 0.0780. The number of carbonyl (C=O) groups is 2. The van der Waals surface area contributed by atoms with Gasteiger partial charge in [-0.05, 0) is 32.4 Å².